The molecule has 0 N–H and O–H groups in total. The molecule has 0 aromatic carbocycles. The fourth-order valence-electron chi connectivity index (χ4n) is 2.80. The maximum absolute atomic E-state index is 2.68. The lowest BCUT2D eigenvalue weighted by Gasteiger charge is -2.39. The van der Waals surface area contributed by atoms with Gasteiger partial charge in [-0.25, -0.2) is 0 Å². The first-order valence-electron chi connectivity index (χ1n) is 5.77. The first-order chi connectivity index (χ1) is 6.38. The van der Waals surface area contributed by atoms with Crippen LogP contribution in [0.1, 0.15) is 39.0 Å². The van der Waals surface area contributed by atoms with Crippen LogP contribution in [0.15, 0.2) is 12.2 Å². The van der Waals surface area contributed by atoms with Crippen molar-refractivity contribution in [3.8, 4) is 0 Å². The summed E-state index contributed by atoms with van der Waals surface area (Å²) in [6.07, 6.45) is 11.7. The SMILES string of the molecule is CC1CCCCC1N1CC=CCC1. The van der Waals surface area contributed by atoms with Crippen LogP contribution >= 0.6 is 0 Å². The Kier molecular flexibility index (Phi) is 3.05. The van der Waals surface area contributed by atoms with Gasteiger partial charge >= 0.3 is 0 Å². The Morgan fingerprint density at radius 2 is 2.00 bits per heavy atom. The zero-order valence-electron chi connectivity index (χ0n) is 8.71. The van der Waals surface area contributed by atoms with E-state index in [1.807, 2.05) is 0 Å². The Morgan fingerprint density at radius 3 is 2.69 bits per heavy atom. The third-order valence-corrected chi connectivity index (χ3v) is 3.62. The normalized spacial score (nSPS) is 36.4. The summed E-state index contributed by atoms with van der Waals surface area (Å²) in [7, 11) is 0. The van der Waals surface area contributed by atoms with Gasteiger partial charge in [0.2, 0.25) is 0 Å². The van der Waals surface area contributed by atoms with E-state index in [2.05, 4.69) is 24.0 Å². The van der Waals surface area contributed by atoms with Crippen molar-refractivity contribution in [2.45, 2.75) is 45.1 Å². The number of rotatable bonds is 1. The van der Waals surface area contributed by atoms with E-state index in [-0.39, 0.29) is 0 Å². The molecule has 1 aliphatic heterocycles. The van der Waals surface area contributed by atoms with E-state index in [1.54, 1.807) is 0 Å². The molecule has 2 atom stereocenters. The fourth-order valence-corrected chi connectivity index (χ4v) is 2.80. The largest absolute Gasteiger partial charge is 0.296 e. The molecule has 74 valence electrons. The van der Waals surface area contributed by atoms with E-state index in [0.717, 1.165) is 12.0 Å². The van der Waals surface area contributed by atoms with Gasteiger partial charge in [0.15, 0.2) is 0 Å². The Balaban J connectivity index is 1.93. The molecule has 1 aliphatic carbocycles. The minimum absolute atomic E-state index is 0.888. The molecular weight excluding hydrogens is 158 g/mol. The van der Waals surface area contributed by atoms with Crippen LogP contribution in [0.5, 0.6) is 0 Å². The summed E-state index contributed by atoms with van der Waals surface area (Å²) < 4.78 is 0. The molecule has 0 radical (unpaired) electrons. The number of nitrogens with zero attached hydrogens (tertiary/aromatic N) is 1. The molecular formula is C12H21N. The fraction of sp³-hybridized carbons (Fsp3) is 0.833. The monoisotopic (exact) mass is 179 g/mol. The van der Waals surface area contributed by atoms with Gasteiger partial charge in [0, 0.05) is 19.1 Å². The molecule has 0 aromatic heterocycles. The Morgan fingerprint density at radius 1 is 1.15 bits per heavy atom. The summed E-state index contributed by atoms with van der Waals surface area (Å²) in [5, 5.41) is 0. The summed E-state index contributed by atoms with van der Waals surface area (Å²) in [5.41, 5.74) is 0. The first kappa shape index (κ1) is 9.26. The minimum Gasteiger partial charge on any atom is -0.296 e. The first-order valence-corrected chi connectivity index (χ1v) is 5.77. The van der Waals surface area contributed by atoms with Crippen molar-refractivity contribution in [1.82, 2.24) is 4.90 Å². The van der Waals surface area contributed by atoms with Crippen LogP contribution in [0.2, 0.25) is 0 Å². The van der Waals surface area contributed by atoms with Gasteiger partial charge in [0.05, 0.1) is 0 Å². The maximum atomic E-state index is 2.68. The van der Waals surface area contributed by atoms with Gasteiger partial charge in [-0.1, -0.05) is 31.9 Å². The standard InChI is InChI=1S/C12H21N/c1-11-7-3-4-8-12(11)13-9-5-2-6-10-13/h2,5,11-12H,3-4,6-10H2,1H3. The smallest absolute Gasteiger partial charge is 0.0166 e. The van der Waals surface area contributed by atoms with Crippen molar-refractivity contribution >= 4 is 0 Å². The Bertz CT molecular complexity index is 186. The predicted octanol–water partition coefficient (Wildman–Crippen LogP) is 2.83. The molecule has 2 unspecified atom stereocenters. The molecule has 1 heteroatoms. The molecule has 0 aromatic rings. The quantitative estimate of drug-likeness (QED) is 0.559. The van der Waals surface area contributed by atoms with Crippen molar-refractivity contribution in [3.63, 3.8) is 0 Å². The van der Waals surface area contributed by atoms with Gasteiger partial charge in [0.25, 0.3) is 0 Å². The summed E-state index contributed by atoms with van der Waals surface area (Å²) in [4.78, 5) is 2.68. The number of hydrogen-bond acceptors (Lipinski definition) is 1. The van der Waals surface area contributed by atoms with Gasteiger partial charge in [-0.05, 0) is 25.2 Å². The third-order valence-electron chi connectivity index (χ3n) is 3.62. The van der Waals surface area contributed by atoms with Crippen molar-refractivity contribution in [3.05, 3.63) is 12.2 Å². The third kappa shape index (κ3) is 2.14. The van der Waals surface area contributed by atoms with Gasteiger partial charge in [0.1, 0.15) is 0 Å². The average molecular weight is 179 g/mol. The van der Waals surface area contributed by atoms with Crippen molar-refractivity contribution in [2.75, 3.05) is 13.1 Å². The maximum Gasteiger partial charge on any atom is 0.0166 e. The van der Waals surface area contributed by atoms with Crippen LogP contribution < -0.4 is 0 Å². The Labute approximate surface area is 81.8 Å². The molecule has 1 fully saturated rings. The van der Waals surface area contributed by atoms with E-state index in [1.165, 1.54) is 45.2 Å². The topological polar surface area (TPSA) is 3.24 Å². The van der Waals surface area contributed by atoms with E-state index < -0.39 is 0 Å². The highest BCUT2D eigenvalue weighted by atomic mass is 15.2. The van der Waals surface area contributed by atoms with Gasteiger partial charge in [-0.2, -0.15) is 0 Å². The minimum atomic E-state index is 0.888. The molecule has 0 amide bonds. The molecule has 1 heterocycles. The Hall–Kier alpha value is -0.300. The van der Waals surface area contributed by atoms with Crippen LogP contribution in [0.3, 0.4) is 0 Å². The summed E-state index contributed by atoms with van der Waals surface area (Å²) >= 11 is 0. The second kappa shape index (κ2) is 4.28. The predicted molar refractivity (Wildman–Crippen MR) is 56.8 cm³/mol. The number of hydrogen-bond donors (Lipinski definition) is 0. The molecule has 13 heavy (non-hydrogen) atoms. The van der Waals surface area contributed by atoms with Crippen molar-refractivity contribution in [2.24, 2.45) is 5.92 Å². The summed E-state index contributed by atoms with van der Waals surface area (Å²) in [6, 6.07) is 0.888. The van der Waals surface area contributed by atoms with Gasteiger partial charge in [-0.3, -0.25) is 4.90 Å². The molecule has 1 saturated carbocycles. The lowest BCUT2D eigenvalue weighted by molar-refractivity contribution is 0.122. The molecule has 1 nitrogen and oxygen atoms in total. The van der Waals surface area contributed by atoms with Crippen LogP contribution in [0.25, 0.3) is 0 Å². The van der Waals surface area contributed by atoms with Crippen molar-refractivity contribution in [1.29, 1.82) is 0 Å². The van der Waals surface area contributed by atoms with Crippen LogP contribution in [-0.2, 0) is 0 Å². The molecule has 2 aliphatic rings. The lowest BCUT2D eigenvalue weighted by Crippen LogP contribution is -2.43. The molecule has 0 spiro atoms. The second-order valence-corrected chi connectivity index (χ2v) is 4.58. The molecule has 0 bridgehead atoms. The lowest BCUT2D eigenvalue weighted by atomic mass is 9.84. The summed E-state index contributed by atoms with van der Waals surface area (Å²) in [5.74, 6) is 0.931. The van der Waals surface area contributed by atoms with E-state index >= 15 is 0 Å². The average Bonchev–Trinajstić information content (AvgIpc) is 2.20. The zero-order valence-corrected chi connectivity index (χ0v) is 8.71. The van der Waals surface area contributed by atoms with Crippen LogP contribution in [-0.4, -0.2) is 24.0 Å². The van der Waals surface area contributed by atoms with E-state index in [0.29, 0.717) is 0 Å². The van der Waals surface area contributed by atoms with Crippen LogP contribution in [0.4, 0.5) is 0 Å². The van der Waals surface area contributed by atoms with Gasteiger partial charge in [-0.15, -0.1) is 0 Å². The second-order valence-electron chi connectivity index (χ2n) is 4.58. The highest BCUT2D eigenvalue weighted by Gasteiger charge is 2.26. The highest BCUT2D eigenvalue weighted by Crippen LogP contribution is 2.28. The zero-order chi connectivity index (χ0) is 9.10. The van der Waals surface area contributed by atoms with E-state index in [9.17, 15) is 0 Å². The van der Waals surface area contributed by atoms with Crippen molar-refractivity contribution < 1.29 is 0 Å². The molecule has 2 rings (SSSR count). The highest BCUT2D eigenvalue weighted by molar-refractivity contribution is 4.94. The summed E-state index contributed by atoms with van der Waals surface area (Å²) in [6.45, 7) is 4.93. The van der Waals surface area contributed by atoms with E-state index in [4.69, 9.17) is 0 Å². The van der Waals surface area contributed by atoms with Crippen LogP contribution in [0, 0.1) is 5.92 Å². The molecule has 0 saturated heterocycles. The van der Waals surface area contributed by atoms with Gasteiger partial charge < -0.3 is 0 Å².